The minimum atomic E-state index is -4.77. The molecule has 4 nitrogen and oxygen atoms in total. The molecular weight excluding hydrogens is 389 g/mol. The molecule has 0 unspecified atom stereocenters. The van der Waals surface area contributed by atoms with Crippen LogP contribution in [0.3, 0.4) is 0 Å². The van der Waals surface area contributed by atoms with Crippen LogP contribution in [0.4, 0.5) is 13.2 Å². The number of pyridine rings is 1. The number of benzene rings is 1. The number of carbonyl (C=O) groups excluding carboxylic acids is 1. The van der Waals surface area contributed by atoms with Crippen molar-refractivity contribution in [2.45, 2.75) is 19.3 Å². The smallest absolute Gasteiger partial charge is 0.405 e. The van der Waals surface area contributed by atoms with Crippen LogP contribution in [-0.2, 0) is 13.0 Å². The van der Waals surface area contributed by atoms with Gasteiger partial charge in [-0.05, 0) is 34.1 Å². The van der Waals surface area contributed by atoms with E-state index in [0.717, 1.165) is 0 Å². The number of hydrogen-bond acceptors (Lipinski definition) is 3. The van der Waals surface area contributed by atoms with Gasteiger partial charge in [-0.1, -0.05) is 18.2 Å². The molecule has 0 saturated heterocycles. The van der Waals surface area contributed by atoms with E-state index in [1.165, 1.54) is 23.1 Å². The van der Waals surface area contributed by atoms with Crippen LogP contribution in [0, 0.1) is 0 Å². The van der Waals surface area contributed by atoms with Crippen LogP contribution in [0.2, 0.25) is 0 Å². The maximum atomic E-state index is 12.5. The molecule has 126 valence electrons. The molecule has 0 fully saturated rings. The summed E-state index contributed by atoms with van der Waals surface area (Å²) in [6, 6.07) is 9.16. The number of fused-ring (bicyclic) bond motifs is 1. The van der Waals surface area contributed by atoms with Crippen LogP contribution in [-0.4, -0.2) is 28.7 Å². The third kappa shape index (κ3) is 3.69. The molecule has 0 aliphatic carbocycles. The summed E-state index contributed by atoms with van der Waals surface area (Å²) in [7, 11) is 0. The van der Waals surface area contributed by atoms with Crippen LogP contribution < -0.4 is 4.74 Å². The van der Waals surface area contributed by atoms with Gasteiger partial charge in [0.25, 0.3) is 5.91 Å². The molecule has 2 heterocycles. The first kappa shape index (κ1) is 16.8. The van der Waals surface area contributed by atoms with Crippen molar-refractivity contribution in [1.82, 2.24) is 9.88 Å². The summed E-state index contributed by atoms with van der Waals surface area (Å²) < 4.78 is 42.2. The van der Waals surface area contributed by atoms with Gasteiger partial charge in [-0.2, -0.15) is 0 Å². The SMILES string of the molecule is O=C1c2ccc(Br)nc2CCN1Cc1ccccc1OC(F)(F)F. The van der Waals surface area contributed by atoms with Crippen molar-refractivity contribution in [2.75, 3.05) is 6.54 Å². The zero-order chi connectivity index (χ0) is 17.3. The van der Waals surface area contributed by atoms with E-state index < -0.39 is 6.36 Å². The van der Waals surface area contributed by atoms with Gasteiger partial charge in [-0.3, -0.25) is 4.79 Å². The van der Waals surface area contributed by atoms with Gasteiger partial charge in [-0.25, -0.2) is 4.98 Å². The molecule has 1 aromatic heterocycles. The van der Waals surface area contributed by atoms with E-state index >= 15 is 0 Å². The van der Waals surface area contributed by atoms with Gasteiger partial charge in [0, 0.05) is 25.1 Å². The Morgan fingerprint density at radius 1 is 1.21 bits per heavy atom. The lowest BCUT2D eigenvalue weighted by Gasteiger charge is -2.28. The molecule has 0 atom stereocenters. The summed E-state index contributed by atoms with van der Waals surface area (Å²) >= 11 is 3.26. The van der Waals surface area contributed by atoms with Crippen molar-refractivity contribution in [3.8, 4) is 5.75 Å². The number of aromatic nitrogens is 1. The molecule has 0 N–H and O–H groups in total. The summed E-state index contributed by atoms with van der Waals surface area (Å²) in [5, 5.41) is 0. The Labute approximate surface area is 144 Å². The van der Waals surface area contributed by atoms with E-state index in [2.05, 4.69) is 25.7 Å². The second-order valence-electron chi connectivity index (χ2n) is 5.26. The van der Waals surface area contributed by atoms with Crippen LogP contribution in [0.25, 0.3) is 0 Å². The minimum Gasteiger partial charge on any atom is -0.405 e. The number of halogens is 4. The Morgan fingerprint density at radius 3 is 2.71 bits per heavy atom. The molecule has 24 heavy (non-hydrogen) atoms. The van der Waals surface area contributed by atoms with Crippen molar-refractivity contribution in [3.05, 3.63) is 57.8 Å². The average molecular weight is 401 g/mol. The summed E-state index contributed by atoms with van der Waals surface area (Å²) in [6.07, 6.45) is -4.23. The Balaban J connectivity index is 1.83. The first-order chi connectivity index (χ1) is 11.3. The number of hydrogen-bond donors (Lipinski definition) is 0. The summed E-state index contributed by atoms with van der Waals surface area (Å²) in [4.78, 5) is 18.3. The fourth-order valence-electron chi connectivity index (χ4n) is 2.59. The van der Waals surface area contributed by atoms with E-state index in [9.17, 15) is 18.0 Å². The average Bonchev–Trinajstić information content (AvgIpc) is 2.50. The molecule has 8 heteroatoms. The van der Waals surface area contributed by atoms with Gasteiger partial charge < -0.3 is 9.64 Å². The van der Waals surface area contributed by atoms with Gasteiger partial charge >= 0.3 is 6.36 Å². The predicted molar refractivity (Wildman–Crippen MR) is 83.5 cm³/mol. The predicted octanol–water partition coefficient (Wildman–Crippen LogP) is 3.94. The van der Waals surface area contributed by atoms with E-state index in [1.807, 2.05) is 0 Å². The highest BCUT2D eigenvalue weighted by Gasteiger charge is 2.33. The number of alkyl halides is 3. The molecule has 3 rings (SSSR count). The summed E-state index contributed by atoms with van der Waals surface area (Å²) in [6.45, 7) is 0.427. The van der Waals surface area contributed by atoms with Crippen LogP contribution in [0.5, 0.6) is 5.75 Å². The zero-order valence-electron chi connectivity index (χ0n) is 12.3. The van der Waals surface area contributed by atoms with Crippen LogP contribution in [0.15, 0.2) is 41.0 Å². The normalized spacial score (nSPS) is 14.5. The highest BCUT2D eigenvalue weighted by Crippen LogP contribution is 2.28. The van der Waals surface area contributed by atoms with Gasteiger partial charge in [0.15, 0.2) is 0 Å². The number of nitrogens with zero attached hydrogens (tertiary/aromatic N) is 2. The van der Waals surface area contributed by atoms with Crippen molar-refractivity contribution in [1.29, 1.82) is 0 Å². The number of rotatable bonds is 3. The number of carbonyl (C=O) groups is 1. The lowest BCUT2D eigenvalue weighted by molar-refractivity contribution is -0.275. The maximum Gasteiger partial charge on any atom is 0.573 e. The third-order valence-electron chi connectivity index (χ3n) is 3.64. The number of para-hydroxylation sites is 1. The minimum absolute atomic E-state index is 0.0423. The standard InChI is InChI=1S/C16H12BrF3N2O2/c17-14-6-5-11-12(21-14)7-8-22(15(11)23)9-10-3-1-2-4-13(10)24-16(18,19)20/h1-6H,7-9H2. The quantitative estimate of drug-likeness (QED) is 0.732. The van der Waals surface area contributed by atoms with Gasteiger partial charge in [0.05, 0.1) is 11.3 Å². The molecule has 0 radical (unpaired) electrons. The Hall–Kier alpha value is -2.09. The van der Waals surface area contributed by atoms with E-state index in [4.69, 9.17) is 0 Å². The van der Waals surface area contributed by atoms with Crippen LogP contribution >= 0.6 is 15.9 Å². The summed E-state index contributed by atoms with van der Waals surface area (Å²) in [5.41, 5.74) is 1.46. The van der Waals surface area contributed by atoms with Gasteiger partial charge in [0.2, 0.25) is 0 Å². The summed E-state index contributed by atoms with van der Waals surface area (Å²) in [5.74, 6) is -0.546. The molecule has 1 aliphatic rings. The fraction of sp³-hybridized carbons (Fsp3) is 0.250. The maximum absolute atomic E-state index is 12.5. The van der Waals surface area contributed by atoms with E-state index in [1.54, 1.807) is 18.2 Å². The number of amides is 1. The van der Waals surface area contributed by atoms with Crippen molar-refractivity contribution < 1.29 is 22.7 Å². The second kappa shape index (κ2) is 6.43. The lowest BCUT2D eigenvalue weighted by atomic mass is 10.0. The van der Waals surface area contributed by atoms with Crippen molar-refractivity contribution in [2.24, 2.45) is 0 Å². The van der Waals surface area contributed by atoms with Gasteiger partial charge in [-0.15, -0.1) is 13.2 Å². The third-order valence-corrected chi connectivity index (χ3v) is 4.08. The highest BCUT2D eigenvalue weighted by molar-refractivity contribution is 9.10. The first-order valence-corrected chi connectivity index (χ1v) is 7.91. The monoisotopic (exact) mass is 400 g/mol. The second-order valence-corrected chi connectivity index (χ2v) is 6.07. The topological polar surface area (TPSA) is 42.4 Å². The lowest BCUT2D eigenvalue weighted by Crippen LogP contribution is -2.37. The molecule has 0 bridgehead atoms. The molecule has 1 amide bonds. The van der Waals surface area contributed by atoms with Crippen molar-refractivity contribution in [3.63, 3.8) is 0 Å². The zero-order valence-corrected chi connectivity index (χ0v) is 13.9. The number of ether oxygens (including phenoxy) is 1. The van der Waals surface area contributed by atoms with Crippen LogP contribution in [0.1, 0.15) is 21.6 Å². The fourth-order valence-corrected chi connectivity index (χ4v) is 2.93. The molecular formula is C16H12BrF3N2O2. The molecule has 0 spiro atoms. The van der Waals surface area contributed by atoms with Crippen molar-refractivity contribution >= 4 is 21.8 Å². The van der Waals surface area contributed by atoms with E-state index in [0.29, 0.717) is 34.4 Å². The van der Waals surface area contributed by atoms with E-state index in [-0.39, 0.29) is 18.2 Å². The largest absolute Gasteiger partial charge is 0.573 e. The molecule has 2 aromatic rings. The Bertz CT molecular complexity index is 780. The van der Waals surface area contributed by atoms with Gasteiger partial charge in [0.1, 0.15) is 10.4 Å². The molecule has 1 aromatic carbocycles. The highest BCUT2D eigenvalue weighted by atomic mass is 79.9. The molecule has 0 saturated carbocycles. The molecule has 1 aliphatic heterocycles. The first-order valence-electron chi connectivity index (χ1n) is 7.12. The Kier molecular flexibility index (Phi) is 4.49. The Morgan fingerprint density at radius 2 is 1.96 bits per heavy atom.